The molecule has 0 N–H and O–H groups in total. The molecular weight excluding hydrogens is 318 g/mol. The van der Waals surface area contributed by atoms with Crippen molar-refractivity contribution in [3.8, 4) is 0 Å². The monoisotopic (exact) mass is 343 g/mol. The van der Waals surface area contributed by atoms with Crippen LogP contribution >= 0.6 is 0 Å². The van der Waals surface area contributed by atoms with E-state index >= 15 is 0 Å². The second-order valence-electron chi connectivity index (χ2n) is 6.56. The van der Waals surface area contributed by atoms with E-state index in [1.54, 1.807) is 12.3 Å². The van der Waals surface area contributed by atoms with Crippen molar-refractivity contribution < 1.29 is 4.79 Å². The number of nitrogens with zero attached hydrogens (tertiary/aromatic N) is 5. The number of rotatable bonds is 5. The van der Waals surface area contributed by atoms with Crippen molar-refractivity contribution in [2.24, 2.45) is 0 Å². The zero-order valence-electron chi connectivity index (χ0n) is 14.9. The van der Waals surface area contributed by atoms with Gasteiger partial charge in [0.25, 0.3) is 11.5 Å². The molecule has 0 saturated carbocycles. The Bertz CT molecular complexity index is 795. The number of unbranched alkanes of at least 4 members (excludes halogenated alkanes) is 1. The Kier molecular flexibility index (Phi) is 5.31. The Morgan fingerprint density at radius 1 is 1.36 bits per heavy atom. The maximum absolute atomic E-state index is 12.9. The largest absolute Gasteiger partial charge is 0.335 e. The highest BCUT2D eigenvalue weighted by atomic mass is 16.2. The van der Waals surface area contributed by atoms with Gasteiger partial charge in [0, 0.05) is 38.1 Å². The average Bonchev–Trinajstić information content (AvgIpc) is 3.06. The highest BCUT2D eigenvalue weighted by Gasteiger charge is 2.27. The lowest BCUT2D eigenvalue weighted by Crippen LogP contribution is -2.41. The molecule has 3 heterocycles. The van der Waals surface area contributed by atoms with E-state index in [2.05, 4.69) is 21.6 Å². The number of amides is 1. The first-order chi connectivity index (χ1) is 12.1. The van der Waals surface area contributed by atoms with Gasteiger partial charge >= 0.3 is 0 Å². The van der Waals surface area contributed by atoms with Crippen molar-refractivity contribution in [1.29, 1.82) is 0 Å². The summed E-state index contributed by atoms with van der Waals surface area (Å²) in [7, 11) is 0. The molecule has 1 atom stereocenters. The maximum Gasteiger partial charge on any atom is 0.274 e. The van der Waals surface area contributed by atoms with Gasteiger partial charge in [-0.2, -0.15) is 5.10 Å². The maximum atomic E-state index is 12.9. The molecule has 0 radical (unpaired) electrons. The first-order valence-corrected chi connectivity index (χ1v) is 8.97. The van der Waals surface area contributed by atoms with Crippen LogP contribution in [0.1, 0.15) is 55.0 Å². The number of hydrogen-bond acceptors (Lipinski definition) is 4. The molecule has 1 aliphatic heterocycles. The molecule has 2 aromatic heterocycles. The molecule has 0 aliphatic carbocycles. The minimum Gasteiger partial charge on any atom is -0.335 e. The summed E-state index contributed by atoms with van der Waals surface area (Å²) >= 11 is 0. The Morgan fingerprint density at radius 3 is 2.92 bits per heavy atom. The summed E-state index contributed by atoms with van der Waals surface area (Å²) in [5, 5.41) is 4.28. The zero-order chi connectivity index (χ0) is 17.8. The van der Waals surface area contributed by atoms with E-state index in [0.29, 0.717) is 18.8 Å². The lowest BCUT2D eigenvalue weighted by molar-refractivity contribution is 0.0669. The third-order valence-corrected chi connectivity index (χ3v) is 4.75. The number of carbonyl (C=O) groups is 1. The van der Waals surface area contributed by atoms with Crippen LogP contribution in [0.4, 0.5) is 0 Å². The minimum atomic E-state index is -0.157. The topological polar surface area (TPSA) is 73.0 Å². The van der Waals surface area contributed by atoms with Crippen LogP contribution in [0.3, 0.4) is 0 Å². The Morgan fingerprint density at radius 2 is 2.20 bits per heavy atom. The first kappa shape index (κ1) is 17.4. The molecule has 2 aromatic rings. The van der Waals surface area contributed by atoms with Crippen LogP contribution in [-0.2, 0) is 6.54 Å². The summed E-state index contributed by atoms with van der Waals surface area (Å²) in [5.74, 6) is 0.859. The fourth-order valence-corrected chi connectivity index (χ4v) is 3.33. The van der Waals surface area contributed by atoms with Crippen LogP contribution in [0.15, 0.2) is 29.3 Å². The Hall–Kier alpha value is -2.44. The number of aryl methyl sites for hydroxylation is 2. The van der Waals surface area contributed by atoms with Gasteiger partial charge in [0.1, 0.15) is 11.5 Å². The zero-order valence-corrected chi connectivity index (χ0v) is 14.9. The molecule has 25 heavy (non-hydrogen) atoms. The summed E-state index contributed by atoms with van der Waals surface area (Å²) in [5.41, 5.74) is 0.189. The summed E-state index contributed by atoms with van der Waals surface area (Å²) in [4.78, 5) is 30.9. The number of carbonyl (C=O) groups excluding carboxylic acids is 1. The van der Waals surface area contributed by atoms with E-state index in [-0.39, 0.29) is 17.5 Å². The number of aromatic nitrogens is 4. The lowest BCUT2D eigenvalue weighted by Gasteiger charge is -2.33. The van der Waals surface area contributed by atoms with Gasteiger partial charge in [0.05, 0.1) is 6.04 Å². The third-order valence-electron chi connectivity index (χ3n) is 4.75. The van der Waals surface area contributed by atoms with Crippen molar-refractivity contribution in [2.75, 3.05) is 13.1 Å². The van der Waals surface area contributed by atoms with Gasteiger partial charge in [-0.1, -0.05) is 13.3 Å². The second kappa shape index (κ2) is 7.63. The van der Waals surface area contributed by atoms with E-state index < -0.39 is 0 Å². The fraction of sp³-hybridized carbons (Fsp3) is 0.556. The fourth-order valence-electron chi connectivity index (χ4n) is 3.33. The highest BCUT2D eigenvalue weighted by Crippen LogP contribution is 2.23. The van der Waals surface area contributed by atoms with Crippen LogP contribution in [0.2, 0.25) is 0 Å². The standard InChI is InChI=1S/C18H25N5O2/c1-3-4-11-23-17(24)8-7-16(20-23)18(25)21-10-5-6-15(13-21)22-12-9-19-14(22)2/h7-9,12,15H,3-6,10-11,13H2,1-2H3. The summed E-state index contributed by atoms with van der Waals surface area (Å²) in [6, 6.07) is 3.22. The molecule has 1 saturated heterocycles. The highest BCUT2D eigenvalue weighted by molar-refractivity contribution is 5.92. The predicted octanol–water partition coefficient (Wildman–Crippen LogP) is 2.03. The van der Waals surface area contributed by atoms with Crippen molar-refractivity contribution in [3.63, 3.8) is 0 Å². The van der Waals surface area contributed by atoms with Crippen molar-refractivity contribution in [1.82, 2.24) is 24.2 Å². The summed E-state index contributed by atoms with van der Waals surface area (Å²) < 4.78 is 3.53. The molecule has 0 spiro atoms. The number of imidazole rings is 1. The quantitative estimate of drug-likeness (QED) is 0.833. The van der Waals surface area contributed by atoms with Crippen LogP contribution in [-0.4, -0.2) is 43.2 Å². The van der Waals surface area contributed by atoms with Crippen LogP contribution in [0.5, 0.6) is 0 Å². The summed E-state index contributed by atoms with van der Waals surface area (Å²) in [6.45, 7) is 5.95. The van der Waals surface area contributed by atoms with Crippen LogP contribution < -0.4 is 5.56 Å². The van der Waals surface area contributed by atoms with E-state index in [0.717, 1.165) is 38.1 Å². The molecule has 3 rings (SSSR count). The van der Waals surface area contributed by atoms with Crippen LogP contribution in [0, 0.1) is 6.92 Å². The molecule has 0 bridgehead atoms. The third kappa shape index (κ3) is 3.81. The van der Waals surface area contributed by atoms with Gasteiger partial charge in [0.15, 0.2) is 0 Å². The van der Waals surface area contributed by atoms with E-state index in [4.69, 9.17) is 0 Å². The smallest absolute Gasteiger partial charge is 0.274 e. The van der Waals surface area contributed by atoms with Gasteiger partial charge in [-0.25, -0.2) is 9.67 Å². The molecule has 7 nitrogen and oxygen atoms in total. The lowest BCUT2D eigenvalue weighted by atomic mass is 10.0. The number of hydrogen-bond donors (Lipinski definition) is 0. The van der Waals surface area contributed by atoms with Gasteiger partial charge < -0.3 is 9.47 Å². The van der Waals surface area contributed by atoms with E-state index in [9.17, 15) is 9.59 Å². The SMILES string of the molecule is CCCCn1nc(C(=O)N2CCCC(n3ccnc3C)C2)ccc1=O. The molecule has 1 amide bonds. The normalized spacial score (nSPS) is 17.7. The minimum absolute atomic E-state index is 0.104. The molecule has 1 fully saturated rings. The molecule has 1 aliphatic rings. The van der Waals surface area contributed by atoms with Gasteiger partial charge in [-0.3, -0.25) is 9.59 Å². The van der Waals surface area contributed by atoms with Crippen LogP contribution in [0.25, 0.3) is 0 Å². The van der Waals surface area contributed by atoms with Gasteiger partial charge in [-0.05, 0) is 32.3 Å². The summed E-state index contributed by atoms with van der Waals surface area (Å²) in [6.07, 6.45) is 7.59. The molecule has 1 unspecified atom stereocenters. The predicted molar refractivity (Wildman–Crippen MR) is 94.5 cm³/mol. The molecular formula is C18H25N5O2. The Labute approximate surface area is 147 Å². The Balaban J connectivity index is 1.76. The second-order valence-corrected chi connectivity index (χ2v) is 6.56. The van der Waals surface area contributed by atoms with E-state index in [1.165, 1.54) is 10.7 Å². The van der Waals surface area contributed by atoms with E-state index in [1.807, 2.05) is 18.0 Å². The van der Waals surface area contributed by atoms with Crippen molar-refractivity contribution in [2.45, 2.75) is 52.1 Å². The van der Waals surface area contributed by atoms with Gasteiger partial charge in [-0.15, -0.1) is 0 Å². The number of piperidine rings is 1. The van der Waals surface area contributed by atoms with Crippen molar-refractivity contribution >= 4 is 5.91 Å². The first-order valence-electron chi connectivity index (χ1n) is 8.97. The van der Waals surface area contributed by atoms with Gasteiger partial charge in [0.2, 0.25) is 0 Å². The van der Waals surface area contributed by atoms with Crippen molar-refractivity contribution in [3.05, 3.63) is 46.4 Å². The number of likely N-dealkylation sites (tertiary alicyclic amines) is 1. The molecule has 0 aromatic carbocycles. The average molecular weight is 343 g/mol. The molecule has 7 heteroatoms. The molecule has 134 valence electrons.